The third-order valence-electron chi connectivity index (χ3n) is 2.88. The molecule has 3 rings (SSSR count). The zero-order valence-electron chi connectivity index (χ0n) is 10.3. The summed E-state index contributed by atoms with van der Waals surface area (Å²) in [5.74, 6) is 0.850. The first-order valence-electron chi connectivity index (χ1n) is 5.92. The molecule has 5 heteroatoms. The highest BCUT2D eigenvalue weighted by atomic mass is 35.5. The number of H-pyrrole nitrogens is 1. The van der Waals surface area contributed by atoms with E-state index in [1.54, 1.807) is 0 Å². The average molecular weight is 276 g/mol. The molecule has 0 fully saturated rings. The van der Waals surface area contributed by atoms with E-state index in [2.05, 4.69) is 9.97 Å². The predicted octanol–water partition coefficient (Wildman–Crippen LogP) is -1.49. The minimum Gasteiger partial charge on any atom is -1.00 e. The maximum absolute atomic E-state index is 8.95. The number of hydrogen-bond acceptors (Lipinski definition) is 2. The van der Waals surface area contributed by atoms with Crippen LogP contribution in [0.15, 0.2) is 48.8 Å². The number of aromatic nitrogens is 3. The number of aliphatic hydroxyl groups is 1. The van der Waals surface area contributed by atoms with Crippen molar-refractivity contribution in [3.05, 3.63) is 48.8 Å². The van der Waals surface area contributed by atoms with Gasteiger partial charge in [-0.3, -0.25) is 0 Å². The maximum atomic E-state index is 8.95. The van der Waals surface area contributed by atoms with E-state index in [1.165, 1.54) is 0 Å². The van der Waals surface area contributed by atoms with Crippen molar-refractivity contribution < 1.29 is 22.1 Å². The molecular weight excluding hydrogens is 262 g/mol. The van der Waals surface area contributed by atoms with Crippen LogP contribution >= 0.6 is 0 Å². The first-order chi connectivity index (χ1) is 8.86. The van der Waals surface area contributed by atoms with Gasteiger partial charge in [-0.05, 0) is 18.2 Å². The molecule has 0 aliphatic heterocycles. The molecule has 0 spiro atoms. The van der Waals surface area contributed by atoms with Crippen molar-refractivity contribution in [2.24, 2.45) is 0 Å². The molecule has 98 valence electrons. The second kappa shape index (κ2) is 5.82. The van der Waals surface area contributed by atoms with Crippen molar-refractivity contribution in [2.45, 2.75) is 6.54 Å². The van der Waals surface area contributed by atoms with Gasteiger partial charge in [-0.1, -0.05) is 12.1 Å². The van der Waals surface area contributed by atoms with E-state index in [0.717, 1.165) is 22.4 Å². The number of rotatable bonds is 3. The van der Waals surface area contributed by atoms with E-state index in [-0.39, 0.29) is 19.0 Å². The van der Waals surface area contributed by atoms with Gasteiger partial charge in [-0.15, -0.1) is 0 Å². The molecule has 0 saturated heterocycles. The van der Waals surface area contributed by atoms with Gasteiger partial charge >= 0.3 is 0 Å². The summed E-state index contributed by atoms with van der Waals surface area (Å²) in [5.41, 5.74) is 3.01. The fraction of sp³-hybridized carbons (Fsp3) is 0.143. The summed E-state index contributed by atoms with van der Waals surface area (Å²) in [4.78, 5) is 7.85. The molecular formula is C14H14ClN3O. The summed E-state index contributed by atoms with van der Waals surface area (Å²) in [6.45, 7) is 0.725. The zero-order chi connectivity index (χ0) is 12.4. The van der Waals surface area contributed by atoms with Gasteiger partial charge in [0.15, 0.2) is 18.9 Å². The van der Waals surface area contributed by atoms with Crippen LogP contribution < -0.4 is 17.0 Å². The topological polar surface area (TPSA) is 52.8 Å². The predicted molar refractivity (Wildman–Crippen MR) is 68.8 cm³/mol. The summed E-state index contributed by atoms with van der Waals surface area (Å²) in [6, 6.07) is 11.9. The normalized spacial score (nSPS) is 10.4. The largest absolute Gasteiger partial charge is 1.00 e. The van der Waals surface area contributed by atoms with Gasteiger partial charge in [0.25, 0.3) is 0 Å². The highest BCUT2D eigenvalue weighted by molar-refractivity contribution is 5.78. The van der Waals surface area contributed by atoms with Crippen LogP contribution in [0.2, 0.25) is 0 Å². The van der Waals surface area contributed by atoms with Gasteiger partial charge in [-0.25, -0.2) is 9.55 Å². The Hall–Kier alpha value is -1.91. The van der Waals surface area contributed by atoms with E-state index in [9.17, 15) is 0 Å². The van der Waals surface area contributed by atoms with Crippen LogP contribution in [0.5, 0.6) is 0 Å². The standard InChI is InChI=1S/C14H14N3O.ClH/c18-9-8-17-7-3-4-11(10-17)14-15-12-5-1-2-6-13(12)16-14;/h1-7,10,18H,8-9H2,(H,15,16);1H/q+1;/p-1. The van der Waals surface area contributed by atoms with E-state index in [4.69, 9.17) is 5.11 Å². The van der Waals surface area contributed by atoms with Gasteiger partial charge in [-0.2, -0.15) is 0 Å². The minimum atomic E-state index is 0. The number of nitrogens with zero attached hydrogens (tertiary/aromatic N) is 2. The van der Waals surface area contributed by atoms with E-state index >= 15 is 0 Å². The number of nitrogens with one attached hydrogen (secondary N) is 1. The third kappa shape index (κ3) is 2.75. The Kier molecular flexibility index (Phi) is 4.14. The first-order valence-corrected chi connectivity index (χ1v) is 5.92. The minimum absolute atomic E-state index is 0. The molecule has 0 unspecified atom stereocenters. The highest BCUT2D eigenvalue weighted by Crippen LogP contribution is 2.18. The van der Waals surface area contributed by atoms with Gasteiger partial charge in [0.1, 0.15) is 12.4 Å². The summed E-state index contributed by atoms with van der Waals surface area (Å²) in [5, 5.41) is 8.95. The molecule has 3 aromatic rings. The number of para-hydroxylation sites is 2. The first kappa shape index (κ1) is 13.5. The lowest BCUT2D eigenvalue weighted by Crippen LogP contribution is -3.00. The Bertz CT molecular complexity index is 648. The van der Waals surface area contributed by atoms with E-state index in [0.29, 0.717) is 6.54 Å². The number of fused-ring (bicyclic) bond motifs is 1. The van der Waals surface area contributed by atoms with Crippen molar-refractivity contribution in [1.29, 1.82) is 0 Å². The van der Waals surface area contributed by atoms with Crippen molar-refractivity contribution in [3.8, 4) is 11.4 Å². The van der Waals surface area contributed by atoms with Gasteiger partial charge in [0.2, 0.25) is 0 Å². The van der Waals surface area contributed by atoms with Crippen LogP contribution in [-0.2, 0) is 6.54 Å². The molecule has 0 aliphatic carbocycles. The number of hydrogen-bond donors (Lipinski definition) is 2. The molecule has 0 bridgehead atoms. The average Bonchev–Trinajstić information content (AvgIpc) is 2.83. The number of halogens is 1. The summed E-state index contributed by atoms with van der Waals surface area (Å²) in [6.07, 6.45) is 3.91. The summed E-state index contributed by atoms with van der Waals surface area (Å²) < 4.78 is 1.95. The van der Waals surface area contributed by atoms with Gasteiger partial charge < -0.3 is 22.5 Å². The van der Waals surface area contributed by atoms with Crippen molar-refractivity contribution in [1.82, 2.24) is 9.97 Å². The molecule has 0 atom stereocenters. The van der Waals surface area contributed by atoms with Crippen molar-refractivity contribution in [2.75, 3.05) is 6.61 Å². The Balaban J connectivity index is 0.00000133. The van der Waals surface area contributed by atoms with Crippen molar-refractivity contribution in [3.63, 3.8) is 0 Å². The molecule has 4 nitrogen and oxygen atoms in total. The number of imidazole rings is 1. The second-order valence-electron chi connectivity index (χ2n) is 4.16. The molecule has 2 N–H and O–H groups in total. The number of pyridine rings is 1. The molecule has 2 aromatic heterocycles. The lowest BCUT2D eigenvalue weighted by molar-refractivity contribution is -0.697. The highest BCUT2D eigenvalue weighted by Gasteiger charge is 2.08. The smallest absolute Gasteiger partial charge is 0.179 e. The van der Waals surface area contributed by atoms with E-state index < -0.39 is 0 Å². The van der Waals surface area contributed by atoms with Gasteiger partial charge in [0.05, 0.1) is 16.6 Å². The number of benzene rings is 1. The Morgan fingerprint density at radius 3 is 2.79 bits per heavy atom. The molecule has 0 saturated carbocycles. The van der Waals surface area contributed by atoms with E-state index in [1.807, 2.05) is 53.4 Å². The molecule has 1 aromatic carbocycles. The van der Waals surface area contributed by atoms with Crippen molar-refractivity contribution >= 4 is 11.0 Å². The fourth-order valence-corrected chi connectivity index (χ4v) is 2.01. The zero-order valence-corrected chi connectivity index (χ0v) is 11.0. The Morgan fingerprint density at radius 1 is 1.16 bits per heavy atom. The maximum Gasteiger partial charge on any atom is 0.179 e. The SMILES string of the molecule is OCC[n+]1cccc(-c2nc3ccccc3[nH]2)c1.[Cl-]. The van der Waals surface area contributed by atoms with Gasteiger partial charge in [0, 0.05) is 6.07 Å². The molecule has 2 heterocycles. The van der Waals surface area contributed by atoms with Crippen LogP contribution in [0.4, 0.5) is 0 Å². The molecule has 0 radical (unpaired) electrons. The lowest BCUT2D eigenvalue weighted by atomic mass is 10.2. The van der Waals surface area contributed by atoms with Crippen LogP contribution in [0.1, 0.15) is 0 Å². The van der Waals surface area contributed by atoms with Crippen LogP contribution in [-0.4, -0.2) is 21.7 Å². The van der Waals surface area contributed by atoms with Crippen LogP contribution in [0.3, 0.4) is 0 Å². The lowest BCUT2D eigenvalue weighted by Gasteiger charge is -1.96. The van der Waals surface area contributed by atoms with Crippen LogP contribution in [0.25, 0.3) is 22.4 Å². The molecule has 0 aliphatic rings. The summed E-state index contributed by atoms with van der Waals surface area (Å²) >= 11 is 0. The number of aliphatic hydroxyl groups excluding tert-OH is 1. The molecule has 0 amide bonds. The monoisotopic (exact) mass is 275 g/mol. The third-order valence-corrected chi connectivity index (χ3v) is 2.88. The van der Waals surface area contributed by atoms with Crippen LogP contribution in [0, 0.1) is 0 Å². The summed E-state index contributed by atoms with van der Waals surface area (Å²) in [7, 11) is 0. The fourth-order valence-electron chi connectivity index (χ4n) is 2.01. The quantitative estimate of drug-likeness (QED) is 0.573. The Morgan fingerprint density at radius 2 is 2.00 bits per heavy atom. The Labute approximate surface area is 117 Å². The number of aromatic amines is 1. The molecule has 19 heavy (non-hydrogen) atoms. The second-order valence-corrected chi connectivity index (χ2v) is 4.16.